The highest BCUT2D eigenvalue weighted by Crippen LogP contribution is 2.30. The molecule has 0 saturated carbocycles. The molecule has 0 spiro atoms. The highest BCUT2D eigenvalue weighted by atomic mass is 127. The third kappa shape index (κ3) is 3.12. The minimum absolute atomic E-state index is 0.140. The van der Waals surface area contributed by atoms with Gasteiger partial charge in [0.05, 0.1) is 6.61 Å². The molecule has 0 bridgehead atoms. The first-order valence-electron chi connectivity index (χ1n) is 5.02. The number of hydrogen-bond acceptors (Lipinski definition) is 2. The fourth-order valence-electron chi connectivity index (χ4n) is 1.42. The number of hydrogen-bond donors (Lipinski definition) is 1. The predicted molar refractivity (Wildman–Crippen MR) is 76.6 cm³/mol. The van der Waals surface area contributed by atoms with Gasteiger partial charge in [0.1, 0.15) is 11.5 Å². The number of ether oxygens (including phenoxy) is 1. The van der Waals surface area contributed by atoms with Gasteiger partial charge in [-0.2, -0.15) is 0 Å². The van der Waals surface area contributed by atoms with Gasteiger partial charge in [0, 0.05) is 14.2 Å². The maximum Gasteiger partial charge on any atom is 0.134 e. The number of halogens is 2. The van der Waals surface area contributed by atoms with Crippen molar-refractivity contribution in [2.75, 3.05) is 0 Å². The Morgan fingerprint density at radius 2 is 1.82 bits per heavy atom. The highest BCUT2D eigenvalue weighted by molar-refractivity contribution is 14.1. The summed E-state index contributed by atoms with van der Waals surface area (Å²) in [6, 6.07) is 13.0. The van der Waals surface area contributed by atoms with Crippen LogP contribution in [0.3, 0.4) is 0 Å². The van der Waals surface area contributed by atoms with Crippen molar-refractivity contribution in [3.63, 3.8) is 0 Å². The van der Waals surface area contributed by atoms with Gasteiger partial charge in [-0.05, 0) is 59.0 Å². The maximum absolute atomic E-state index is 9.26. The van der Waals surface area contributed by atoms with Gasteiger partial charge < -0.3 is 9.84 Å². The molecule has 0 aliphatic carbocycles. The topological polar surface area (TPSA) is 29.5 Å². The van der Waals surface area contributed by atoms with Gasteiger partial charge in [-0.1, -0.05) is 17.7 Å². The summed E-state index contributed by atoms with van der Waals surface area (Å²) < 4.78 is 6.83. The molecule has 0 saturated heterocycles. The summed E-state index contributed by atoms with van der Waals surface area (Å²) in [5.41, 5.74) is 0.604. The van der Waals surface area contributed by atoms with Crippen molar-refractivity contribution >= 4 is 34.2 Å². The molecule has 2 nitrogen and oxygen atoms in total. The average molecular weight is 361 g/mol. The Balaban J connectivity index is 2.29. The van der Waals surface area contributed by atoms with Crippen LogP contribution in [0.5, 0.6) is 11.5 Å². The summed E-state index contributed by atoms with van der Waals surface area (Å²) in [7, 11) is 0. The van der Waals surface area contributed by atoms with E-state index in [1.54, 1.807) is 18.2 Å². The number of rotatable bonds is 3. The van der Waals surface area contributed by atoms with E-state index in [0.29, 0.717) is 16.3 Å². The van der Waals surface area contributed by atoms with Gasteiger partial charge in [0.2, 0.25) is 0 Å². The molecular formula is C13H10ClIO2. The zero-order valence-electron chi connectivity index (χ0n) is 8.86. The third-order valence-corrected chi connectivity index (χ3v) is 3.35. The first-order chi connectivity index (χ1) is 8.20. The summed E-state index contributed by atoms with van der Waals surface area (Å²) in [5, 5.41) is 9.77. The van der Waals surface area contributed by atoms with Gasteiger partial charge in [-0.3, -0.25) is 0 Å². The van der Waals surface area contributed by atoms with E-state index in [9.17, 15) is 5.11 Å². The fourth-order valence-corrected chi connectivity index (χ4v) is 2.00. The lowest BCUT2D eigenvalue weighted by molar-refractivity contribution is 0.276. The summed E-state index contributed by atoms with van der Waals surface area (Å²) in [6.45, 7) is -0.140. The smallest absolute Gasteiger partial charge is 0.134 e. The van der Waals surface area contributed by atoms with Crippen LogP contribution in [0.4, 0.5) is 0 Å². The van der Waals surface area contributed by atoms with E-state index < -0.39 is 0 Å². The summed E-state index contributed by atoms with van der Waals surface area (Å²) >= 11 is 8.21. The molecule has 0 radical (unpaired) electrons. The second kappa shape index (κ2) is 5.71. The third-order valence-electron chi connectivity index (χ3n) is 2.28. The summed E-state index contributed by atoms with van der Waals surface area (Å²) in [4.78, 5) is 0. The summed E-state index contributed by atoms with van der Waals surface area (Å²) in [6.07, 6.45) is 0. The van der Waals surface area contributed by atoms with E-state index in [1.165, 1.54) is 0 Å². The van der Waals surface area contributed by atoms with Crippen molar-refractivity contribution < 1.29 is 9.84 Å². The van der Waals surface area contributed by atoms with Crippen molar-refractivity contribution in [3.8, 4) is 11.5 Å². The summed E-state index contributed by atoms with van der Waals surface area (Å²) in [5.74, 6) is 1.31. The van der Waals surface area contributed by atoms with Gasteiger partial charge in [-0.25, -0.2) is 0 Å². The zero-order valence-corrected chi connectivity index (χ0v) is 11.8. The van der Waals surface area contributed by atoms with Crippen molar-refractivity contribution in [1.82, 2.24) is 0 Å². The quantitative estimate of drug-likeness (QED) is 0.830. The first kappa shape index (κ1) is 12.7. The zero-order chi connectivity index (χ0) is 12.3. The van der Waals surface area contributed by atoms with Crippen LogP contribution in [0.2, 0.25) is 5.02 Å². The van der Waals surface area contributed by atoms with E-state index >= 15 is 0 Å². The van der Waals surface area contributed by atoms with Crippen LogP contribution in [0.25, 0.3) is 0 Å². The number of aliphatic hydroxyl groups excluding tert-OH is 1. The molecule has 0 amide bonds. The van der Waals surface area contributed by atoms with Crippen molar-refractivity contribution in [3.05, 3.63) is 56.6 Å². The lowest BCUT2D eigenvalue weighted by atomic mass is 10.2. The monoisotopic (exact) mass is 360 g/mol. The highest BCUT2D eigenvalue weighted by Gasteiger charge is 2.07. The van der Waals surface area contributed by atoms with Crippen LogP contribution in [-0.4, -0.2) is 5.11 Å². The van der Waals surface area contributed by atoms with Crippen LogP contribution in [0.1, 0.15) is 5.56 Å². The van der Waals surface area contributed by atoms with Gasteiger partial charge >= 0.3 is 0 Å². The Labute approximate surface area is 118 Å². The Bertz CT molecular complexity index is 511. The lowest BCUT2D eigenvalue weighted by Gasteiger charge is -2.10. The number of benzene rings is 2. The standard InChI is InChI=1S/C13H10ClIO2/c14-12-2-1-3-13(11(12)8-16)17-10-6-4-9(15)5-7-10/h1-7,16H,8H2. The van der Waals surface area contributed by atoms with Gasteiger partial charge in [-0.15, -0.1) is 0 Å². The largest absolute Gasteiger partial charge is 0.457 e. The van der Waals surface area contributed by atoms with Crippen LogP contribution >= 0.6 is 34.2 Å². The Morgan fingerprint density at radius 1 is 1.12 bits per heavy atom. The lowest BCUT2D eigenvalue weighted by Crippen LogP contribution is -1.92. The molecule has 2 rings (SSSR count). The molecule has 17 heavy (non-hydrogen) atoms. The molecule has 88 valence electrons. The molecule has 2 aromatic carbocycles. The van der Waals surface area contributed by atoms with E-state index in [0.717, 1.165) is 9.32 Å². The molecule has 0 unspecified atom stereocenters. The maximum atomic E-state index is 9.26. The molecule has 0 aromatic heterocycles. The molecule has 2 aromatic rings. The second-order valence-electron chi connectivity index (χ2n) is 3.43. The molecule has 0 aliphatic rings. The average Bonchev–Trinajstić information content (AvgIpc) is 2.32. The van der Waals surface area contributed by atoms with Gasteiger partial charge in [0.25, 0.3) is 0 Å². The minimum atomic E-state index is -0.140. The van der Waals surface area contributed by atoms with Crippen molar-refractivity contribution in [1.29, 1.82) is 0 Å². The van der Waals surface area contributed by atoms with Crippen LogP contribution in [0.15, 0.2) is 42.5 Å². The van der Waals surface area contributed by atoms with Crippen molar-refractivity contribution in [2.45, 2.75) is 6.61 Å². The normalized spacial score (nSPS) is 10.3. The van der Waals surface area contributed by atoms with E-state index in [4.69, 9.17) is 16.3 Å². The van der Waals surface area contributed by atoms with Crippen LogP contribution in [-0.2, 0) is 6.61 Å². The Hall–Kier alpha value is -0.780. The molecular weight excluding hydrogens is 350 g/mol. The Morgan fingerprint density at radius 3 is 2.47 bits per heavy atom. The van der Waals surface area contributed by atoms with E-state index in [-0.39, 0.29) is 6.61 Å². The van der Waals surface area contributed by atoms with Crippen LogP contribution in [0, 0.1) is 3.57 Å². The van der Waals surface area contributed by atoms with E-state index in [2.05, 4.69) is 22.6 Å². The molecule has 0 atom stereocenters. The predicted octanol–water partition coefficient (Wildman–Crippen LogP) is 4.23. The Kier molecular flexibility index (Phi) is 4.25. The molecule has 0 fully saturated rings. The fraction of sp³-hybridized carbons (Fsp3) is 0.0769. The molecule has 1 N–H and O–H groups in total. The molecule has 0 heterocycles. The first-order valence-corrected chi connectivity index (χ1v) is 6.48. The van der Waals surface area contributed by atoms with E-state index in [1.807, 2.05) is 24.3 Å². The SMILES string of the molecule is OCc1c(Cl)cccc1Oc1ccc(I)cc1. The molecule has 4 heteroatoms. The molecule has 0 aliphatic heterocycles. The minimum Gasteiger partial charge on any atom is -0.457 e. The van der Waals surface area contributed by atoms with Crippen LogP contribution < -0.4 is 4.74 Å². The second-order valence-corrected chi connectivity index (χ2v) is 5.08. The number of aliphatic hydroxyl groups is 1. The van der Waals surface area contributed by atoms with Crippen molar-refractivity contribution in [2.24, 2.45) is 0 Å². The van der Waals surface area contributed by atoms with Gasteiger partial charge in [0.15, 0.2) is 0 Å².